The van der Waals surface area contributed by atoms with Crippen molar-refractivity contribution in [3.8, 4) is 11.4 Å². The van der Waals surface area contributed by atoms with Gasteiger partial charge in [-0.2, -0.15) is 10.2 Å². The summed E-state index contributed by atoms with van der Waals surface area (Å²) in [6, 6.07) is 18.4. The van der Waals surface area contributed by atoms with E-state index in [1.54, 1.807) is 37.3 Å². The zero-order valence-electron chi connectivity index (χ0n) is 23.4. The minimum absolute atomic E-state index is 0.0517. The Labute approximate surface area is 236 Å². The molecular formula is C29H32N8O4. The molecule has 0 saturated heterocycles. The second kappa shape index (κ2) is 12.7. The van der Waals surface area contributed by atoms with Crippen LogP contribution in [0.1, 0.15) is 41.8 Å². The van der Waals surface area contributed by atoms with Gasteiger partial charge in [-0.1, -0.05) is 36.4 Å². The Morgan fingerprint density at radius 2 is 1.05 bits per heavy atom. The van der Waals surface area contributed by atoms with Crippen LogP contribution in [-0.4, -0.2) is 43.0 Å². The zero-order valence-corrected chi connectivity index (χ0v) is 23.4. The predicted molar refractivity (Wildman–Crippen MR) is 157 cm³/mol. The van der Waals surface area contributed by atoms with Gasteiger partial charge < -0.3 is 0 Å². The molecule has 41 heavy (non-hydrogen) atoms. The Morgan fingerprint density at radius 3 is 1.41 bits per heavy atom. The van der Waals surface area contributed by atoms with E-state index >= 15 is 0 Å². The minimum Gasteiger partial charge on any atom is -0.285 e. The topological polar surface area (TPSA) is 137 Å². The van der Waals surface area contributed by atoms with Gasteiger partial charge in [0.05, 0.1) is 34.9 Å². The molecule has 0 unspecified atom stereocenters. The van der Waals surface area contributed by atoms with Crippen LogP contribution >= 0.6 is 0 Å². The van der Waals surface area contributed by atoms with E-state index in [0.29, 0.717) is 22.5 Å². The van der Waals surface area contributed by atoms with E-state index in [1.165, 1.54) is 21.8 Å². The summed E-state index contributed by atoms with van der Waals surface area (Å²) in [5, 5.41) is 7.86. The van der Waals surface area contributed by atoms with Gasteiger partial charge in [-0.05, 0) is 44.5 Å². The lowest BCUT2D eigenvalue weighted by Gasteiger charge is -2.07. The number of amides is 2. The molecule has 0 fully saturated rings. The van der Waals surface area contributed by atoms with E-state index < -0.39 is 11.8 Å². The summed E-state index contributed by atoms with van der Waals surface area (Å²) in [5.41, 5.74) is 7.83. The third-order valence-electron chi connectivity index (χ3n) is 6.77. The molecule has 2 aromatic carbocycles. The number of rotatable bonds is 10. The number of hydrazone groups is 2. The molecule has 0 bridgehead atoms. The molecule has 0 atom stereocenters. The van der Waals surface area contributed by atoms with Crippen molar-refractivity contribution in [2.24, 2.45) is 24.3 Å². The summed E-state index contributed by atoms with van der Waals surface area (Å²) >= 11 is 0. The number of nitrogens with one attached hydrogen (secondary N) is 2. The SMILES string of the molecule is Cc1c(/C=N\NC(=O)CCCC(=O)N/N=C\c2c(C)n(C)n(-c3ccccc3)c2=O)c(=O)n(-c2ccccc2)n1C. The number of nitrogens with zero attached hydrogens (tertiary/aromatic N) is 6. The second-order valence-corrected chi connectivity index (χ2v) is 9.39. The van der Waals surface area contributed by atoms with Crippen LogP contribution in [0.25, 0.3) is 11.4 Å². The number of carbonyl (C=O) groups is 2. The summed E-state index contributed by atoms with van der Waals surface area (Å²) in [4.78, 5) is 50.2. The van der Waals surface area contributed by atoms with Crippen molar-refractivity contribution < 1.29 is 9.59 Å². The first-order valence-electron chi connectivity index (χ1n) is 13.0. The first-order valence-corrected chi connectivity index (χ1v) is 13.0. The molecule has 0 aliphatic carbocycles. The van der Waals surface area contributed by atoms with E-state index in [2.05, 4.69) is 21.1 Å². The van der Waals surface area contributed by atoms with Crippen molar-refractivity contribution in [2.45, 2.75) is 33.1 Å². The molecule has 212 valence electrons. The molecule has 12 heteroatoms. The minimum atomic E-state index is -0.393. The third-order valence-corrected chi connectivity index (χ3v) is 6.77. The lowest BCUT2D eigenvalue weighted by atomic mass is 10.2. The smallest absolute Gasteiger partial charge is 0.280 e. The summed E-state index contributed by atoms with van der Waals surface area (Å²) in [5.74, 6) is -0.785. The van der Waals surface area contributed by atoms with Crippen LogP contribution in [0, 0.1) is 13.8 Å². The van der Waals surface area contributed by atoms with Crippen LogP contribution in [-0.2, 0) is 23.7 Å². The van der Waals surface area contributed by atoms with Gasteiger partial charge in [-0.25, -0.2) is 20.2 Å². The van der Waals surface area contributed by atoms with Gasteiger partial charge in [-0.3, -0.25) is 28.5 Å². The number of hydrogen-bond donors (Lipinski definition) is 2. The molecule has 2 aromatic heterocycles. The molecule has 0 saturated carbocycles. The highest BCUT2D eigenvalue weighted by Gasteiger charge is 2.16. The first-order chi connectivity index (χ1) is 19.7. The normalized spacial score (nSPS) is 11.4. The lowest BCUT2D eigenvalue weighted by Crippen LogP contribution is -2.22. The monoisotopic (exact) mass is 556 g/mol. The summed E-state index contributed by atoms with van der Waals surface area (Å²) in [7, 11) is 3.55. The van der Waals surface area contributed by atoms with Crippen LogP contribution in [0.2, 0.25) is 0 Å². The summed E-state index contributed by atoms with van der Waals surface area (Å²) in [6.07, 6.45) is 3.02. The Morgan fingerprint density at radius 1 is 0.683 bits per heavy atom. The molecule has 0 aliphatic heterocycles. The van der Waals surface area contributed by atoms with Gasteiger partial charge in [0.25, 0.3) is 11.1 Å². The molecule has 4 aromatic rings. The average molecular weight is 557 g/mol. The first kappa shape index (κ1) is 28.7. The number of hydrogen-bond acceptors (Lipinski definition) is 6. The molecule has 2 N–H and O–H groups in total. The Bertz CT molecular complexity index is 1600. The molecule has 0 spiro atoms. The number of aromatic nitrogens is 4. The molecule has 12 nitrogen and oxygen atoms in total. The molecule has 0 radical (unpaired) electrons. The van der Waals surface area contributed by atoms with Crippen LogP contribution in [0.4, 0.5) is 0 Å². The van der Waals surface area contributed by atoms with Crippen molar-refractivity contribution in [3.05, 3.63) is 104 Å². The van der Waals surface area contributed by atoms with Crippen LogP contribution < -0.4 is 22.0 Å². The van der Waals surface area contributed by atoms with Crippen LogP contribution in [0.5, 0.6) is 0 Å². The van der Waals surface area contributed by atoms with Crippen LogP contribution in [0.15, 0.2) is 80.5 Å². The quantitative estimate of drug-likeness (QED) is 0.228. The Hall–Kier alpha value is -5.26. The maximum absolute atomic E-state index is 12.9. The van der Waals surface area contributed by atoms with Crippen molar-refractivity contribution in [2.75, 3.05) is 0 Å². The summed E-state index contributed by atoms with van der Waals surface area (Å²) in [6.45, 7) is 3.59. The van der Waals surface area contributed by atoms with Crippen molar-refractivity contribution in [1.29, 1.82) is 0 Å². The predicted octanol–water partition coefficient (Wildman–Crippen LogP) is 2.05. The van der Waals surface area contributed by atoms with Gasteiger partial charge in [0, 0.05) is 38.3 Å². The van der Waals surface area contributed by atoms with E-state index in [9.17, 15) is 19.2 Å². The number of benzene rings is 2. The third kappa shape index (κ3) is 6.32. The highest BCUT2D eigenvalue weighted by atomic mass is 16.2. The average Bonchev–Trinajstić information content (AvgIpc) is 3.31. The Kier molecular flexibility index (Phi) is 8.92. The van der Waals surface area contributed by atoms with Gasteiger partial charge in [0.2, 0.25) is 11.8 Å². The maximum atomic E-state index is 12.9. The van der Waals surface area contributed by atoms with E-state index in [1.807, 2.05) is 60.7 Å². The maximum Gasteiger partial charge on any atom is 0.280 e. The molecule has 0 aliphatic rings. The molecule has 2 heterocycles. The van der Waals surface area contributed by atoms with Gasteiger partial charge in [0.15, 0.2) is 0 Å². The fraction of sp³-hybridized carbons (Fsp3) is 0.241. The van der Waals surface area contributed by atoms with E-state index in [4.69, 9.17) is 0 Å². The number of para-hydroxylation sites is 2. The van der Waals surface area contributed by atoms with Crippen molar-refractivity contribution >= 4 is 24.2 Å². The number of carbonyl (C=O) groups excluding carboxylic acids is 2. The molecular weight excluding hydrogens is 524 g/mol. The van der Waals surface area contributed by atoms with Crippen molar-refractivity contribution in [3.63, 3.8) is 0 Å². The van der Waals surface area contributed by atoms with Gasteiger partial charge in [0.1, 0.15) is 0 Å². The van der Waals surface area contributed by atoms with E-state index in [-0.39, 0.29) is 30.4 Å². The summed E-state index contributed by atoms with van der Waals surface area (Å²) < 4.78 is 6.50. The van der Waals surface area contributed by atoms with Crippen LogP contribution in [0.3, 0.4) is 0 Å². The molecule has 4 rings (SSSR count). The Balaban J connectivity index is 1.27. The lowest BCUT2D eigenvalue weighted by molar-refractivity contribution is -0.122. The van der Waals surface area contributed by atoms with Crippen molar-refractivity contribution in [1.82, 2.24) is 29.6 Å². The fourth-order valence-electron chi connectivity index (χ4n) is 4.33. The van der Waals surface area contributed by atoms with Gasteiger partial charge in [-0.15, -0.1) is 0 Å². The van der Waals surface area contributed by atoms with E-state index in [0.717, 1.165) is 11.4 Å². The highest BCUT2D eigenvalue weighted by molar-refractivity contribution is 5.84. The fourth-order valence-corrected chi connectivity index (χ4v) is 4.33. The highest BCUT2D eigenvalue weighted by Crippen LogP contribution is 2.10. The zero-order chi connectivity index (χ0) is 29.5. The second-order valence-electron chi connectivity index (χ2n) is 9.39. The van der Waals surface area contributed by atoms with Gasteiger partial charge >= 0.3 is 0 Å². The largest absolute Gasteiger partial charge is 0.285 e. The molecule has 2 amide bonds. The standard InChI is InChI=1S/C29H32N8O4/c1-20-24(28(40)36(34(20)3)22-12-7-5-8-13-22)18-30-32-26(38)16-11-17-27(39)33-31-19-25-21(2)35(4)37(29(25)41)23-14-9-6-10-15-23/h5-10,12-15,18-19H,11,16-17H2,1-4H3,(H,32,38)(H,33,39)/b30-18-,31-19-.